The van der Waals surface area contributed by atoms with Crippen LogP contribution in [0.4, 0.5) is 13.2 Å². The van der Waals surface area contributed by atoms with E-state index < -0.39 is 57.9 Å². The van der Waals surface area contributed by atoms with E-state index in [4.69, 9.17) is 4.18 Å². The number of halogens is 3. The Morgan fingerprint density at radius 1 is 1.12 bits per heavy atom. The normalized spacial score (nSPS) is 15.7. The average molecular weight is 405 g/mol. The summed E-state index contributed by atoms with van der Waals surface area (Å²) in [6, 6.07) is 4.34. The van der Waals surface area contributed by atoms with E-state index in [2.05, 4.69) is 9.17 Å². The van der Waals surface area contributed by atoms with Crippen molar-refractivity contribution in [2.24, 2.45) is 5.92 Å². The van der Waals surface area contributed by atoms with Gasteiger partial charge in [0.2, 0.25) is 0 Å². The van der Waals surface area contributed by atoms with E-state index in [0.717, 1.165) is 12.5 Å². The Bertz CT molecular complexity index is 750. The van der Waals surface area contributed by atoms with E-state index in [1.165, 1.54) is 24.4 Å². The Kier molecular flexibility index (Phi) is 7.35. The number of nitrogens with zero attached hydrogens (tertiary/aromatic N) is 1. The van der Waals surface area contributed by atoms with Crippen molar-refractivity contribution in [1.29, 1.82) is 0 Å². The van der Waals surface area contributed by atoms with Crippen LogP contribution in [0.2, 0.25) is 0 Å². The van der Waals surface area contributed by atoms with Crippen molar-refractivity contribution in [3.63, 3.8) is 0 Å². The third kappa shape index (κ3) is 9.14. The predicted octanol–water partition coefficient (Wildman–Crippen LogP) is 2.03. The van der Waals surface area contributed by atoms with E-state index in [1.807, 2.05) is 0 Å². The predicted molar refractivity (Wildman–Crippen MR) is 82.5 cm³/mol. The SMILES string of the molecule is CS(=O)(=O)OCC[C@H](CC(OS(C)(=O)=O)c1ccccn1)C(F)(F)F. The molecule has 25 heavy (non-hydrogen) atoms. The molecule has 2 atom stereocenters. The first-order chi connectivity index (χ1) is 11.3. The van der Waals surface area contributed by atoms with Crippen LogP contribution >= 0.6 is 0 Å². The monoisotopic (exact) mass is 405 g/mol. The van der Waals surface area contributed by atoms with Crippen molar-refractivity contribution >= 4 is 20.2 Å². The second kappa shape index (κ2) is 8.43. The molecule has 1 heterocycles. The van der Waals surface area contributed by atoms with Gasteiger partial charge in [-0.2, -0.15) is 30.0 Å². The zero-order chi connectivity index (χ0) is 19.3. The summed E-state index contributed by atoms with van der Waals surface area (Å²) >= 11 is 0. The quantitative estimate of drug-likeness (QED) is 0.580. The standard InChI is InChI=1S/C13H18F3NO6S2/c1-24(18,19)22-8-6-10(13(14,15)16)9-12(23-25(2,20)21)11-5-3-4-7-17-11/h3-5,7,10,12H,6,8-9H2,1-2H3/t10-,12?/m1/s1. The molecular weight excluding hydrogens is 387 g/mol. The van der Waals surface area contributed by atoms with Crippen molar-refractivity contribution in [1.82, 2.24) is 4.98 Å². The summed E-state index contributed by atoms with van der Waals surface area (Å²) in [5.41, 5.74) is 0.0196. The summed E-state index contributed by atoms with van der Waals surface area (Å²) in [6.07, 6.45) is -4.84. The van der Waals surface area contributed by atoms with E-state index in [9.17, 15) is 30.0 Å². The highest BCUT2D eigenvalue weighted by atomic mass is 32.2. The molecule has 7 nitrogen and oxygen atoms in total. The molecule has 0 radical (unpaired) electrons. The summed E-state index contributed by atoms with van der Waals surface area (Å²) in [5, 5.41) is 0. The fourth-order valence-corrected chi connectivity index (χ4v) is 3.00. The Labute approximate surface area is 144 Å². The van der Waals surface area contributed by atoms with Gasteiger partial charge in [-0.3, -0.25) is 13.4 Å². The van der Waals surface area contributed by atoms with Crippen molar-refractivity contribution < 1.29 is 38.4 Å². The van der Waals surface area contributed by atoms with Gasteiger partial charge in [0.1, 0.15) is 6.10 Å². The second-order valence-corrected chi connectivity index (χ2v) is 8.58. The minimum Gasteiger partial charge on any atom is -0.270 e. The van der Waals surface area contributed by atoms with Gasteiger partial charge in [-0.1, -0.05) is 6.07 Å². The lowest BCUT2D eigenvalue weighted by Gasteiger charge is -2.24. The van der Waals surface area contributed by atoms with Gasteiger partial charge < -0.3 is 0 Å². The molecule has 1 aromatic heterocycles. The molecule has 0 amide bonds. The van der Waals surface area contributed by atoms with Gasteiger partial charge in [0.05, 0.1) is 30.7 Å². The zero-order valence-corrected chi connectivity index (χ0v) is 15.1. The van der Waals surface area contributed by atoms with Gasteiger partial charge in [0.15, 0.2) is 0 Å². The molecule has 1 unspecified atom stereocenters. The summed E-state index contributed by atoms with van der Waals surface area (Å²) in [5.74, 6) is -2.04. The van der Waals surface area contributed by atoms with Crippen molar-refractivity contribution in [3.8, 4) is 0 Å². The van der Waals surface area contributed by atoms with Crippen LogP contribution < -0.4 is 0 Å². The van der Waals surface area contributed by atoms with Gasteiger partial charge in [0.25, 0.3) is 20.2 Å². The van der Waals surface area contributed by atoms with Crippen LogP contribution in [0.3, 0.4) is 0 Å². The third-order valence-electron chi connectivity index (χ3n) is 3.03. The molecule has 1 aromatic rings. The van der Waals surface area contributed by atoms with Crippen molar-refractivity contribution in [2.45, 2.75) is 25.1 Å². The molecule has 0 aliphatic heterocycles. The van der Waals surface area contributed by atoms with Crippen LogP contribution in [0.15, 0.2) is 24.4 Å². The molecule has 0 aliphatic rings. The first-order valence-electron chi connectivity index (χ1n) is 6.98. The summed E-state index contributed by atoms with van der Waals surface area (Å²) in [4.78, 5) is 3.83. The molecular formula is C13H18F3NO6S2. The van der Waals surface area contributed by atoms with E-state index >= 15 is 0 Å². The maximum Gasteiger partial charge on any atom is 0.392 e. The average Bonchev–Trinajstić information content (AvgIpc) is 2.42. The Balaban J connectivity index is 2.98. The number of hydrogen-bond acceptors (Lipinski definition) is 7. The van der Waals surface area contributed by atoms with Crippen molar-refractivity contribution in [3.05, 3.63) is 30.1 Å². The highest BCUT2D eigenvalue weighted by Crippen LogP contribution is 2.37. The minimum atomic E-state index is -4.70. The first kappa shape index (κ1) is 21.8. The number of alkyl halides is 3. The van der Waals surface area contributed by atoms with E-state index in [0.29, 0.717) is 0 Å². The van der Waals surface area contributed by atoms with Crippen LogP contribution in [-0.2, 0) is 28.6 Å². The molecule has 0 aliphatic carbocycles. The summed E-state index contributed by atoms with van der Waals surface area (Å²) < 4.78 is 93.2. The Morgan fingerprint density at radius 3 is 2.20 bits per heavy atom. The minimum absolute atomic E-state index is 0.0196. The third-order valence-corrected chi connectivity index (χ3v) is 4.21. The lowest BCUT2D eigenvalue weighted by atomic mass is 9.96. The summed E-state index contributed by atoms with van der Waals surface area (Å²) in [6.45, 7) is -0.684. The van der Waals surface area contributed by atoms with E-state index in [-0.39, 0.29) is 5.69 Å². The van der Waals surface area contributed by atoms with Gasteiger partial charge >= 0.3 is 6.18 Å². The molecule has 0 aromatic carbocycles. The summed E-state index contributed by atoms with van der Waals surface area (Å²) in [7, 11) is -7.92. The van der Waals surface area contributed by atoms with Gasteiger partial charge in [-0.15, -0.1) is 0 Å². The second-order valence-electron chi connectivity index (χ2n) is 5.33. The largest absolute Gasteiger partial charge is 0.392 e. The maximum absolute atomic E-state index is 13.2. The first-order valence-corrected chi connectivity index (χ1v) is 10.6. The molecule has 0 saturated heterocycles. The smallest absolute Gasteiger partial charge is 0.270 e. The van der Waals surface area contributed by atoms with Crippen LogP contribution in [-0.4, -0.2) is 47.1 Å². The van der Waals surface area contributed by atoms with Gasteiger partial charge in [-0.25, -0.2) is 0 Å². The van der Waals surface area contributed by atoms with Crippen LogP contribution in [0, 0.1) is 5.92 Å². The maximum atomic E-state index is 13.2. The highest BCUT2D eigenvalue weighted by molar-refractivity contribution is 7.86. The molecule has 0 bridgehead atoms. The van der Waals surface area contributed by atoms with E-state index in [1.54, 1.807) is 0 Å². The van der Waals surface area contributed by atoms with Gasteiger partial charge in [-0.05, 0) is 25.0 Å². The fraction of sp³-hybridized carbons (Fsp3) is 0.615. The lowest BCUT2D eigenvalue weighted by Crippen LogP contribution is -2.28. The molecule has 0 fully saturated rings. The van der Waals surface area contributed by atoms with Crippen LogP contribution in [0.1, 0.15) is 24.6 Å². The lowest BCUT2D eigenvalue weighted by molar-refractivity contribution is -0.184. The number of aromatic nitrogens is 1. The molecule has 0 N–H and O–H groups in total. The topological polar surface area (TPSA) is 99.6 Å². The fourth-order valence-electron chi connectivity index (χ4n) is 2.00. The van der Waals surface area contributed by atoms with Crippen molar-refractivity contribution in [2.75, 3.05) is 19.1 Å². The van der Waals surface area contributed by atoms with Gasteiger partial charge in [0, 0.05) is 6.20 Å². The number of pyridine rings is 1. The molecule has 0 spiro atoms. The molecule has 144 valence electrons. The zero-order valence-electron chi connectivity index (χ0n) is 13.4. The Hall–Kier alpha value is -1.24. The molecule has 12 heteroatoms. The Morgan fingerprint density at radius 2 is 1.76 bits per heavy atom. The number of rotatable bonds is 9. The molecule has 0 saturated carbocycles. The van der Waals surface area contributed by atoms with Crippen LogP contribution in [0.5, 0.6) is 0 Å². The van der Waals surface area contributed by atoms with Crippen LogP contribution in [0.25, 0.3) is 0 Å². The highest BCUT2D eigenvalue weighted by Gasteiger charge is 2.42. The molecule has 1 rings (SSSR count). The number of hydrogen-bond donors (Lipinski definition) is 0.